The molecule has 0 saturated heterocycles. The number of thiophene rings is 1. The summed E-state index contributed by atoms with van der Waals surface area (Å²) < 4.78 is 8.62. The molecule has 0 bridgehead atoms. The van der Waals surface area contributed by atoms with Gasteiger partial charge >= 0.3 is 0 Å². The molecule has 0 radical (unpaired) electrons. The molecule has 3 rings (SSSR count). The quantitative estimate of drug-likeness (QED) is 0.674. The van der Waals surface area contributed by atoms with Gasteiger partial charge in [-0.15, -0.1) is 0 Å². The maximum Gasteiger partial charge on any atom is 0.178 e. The van der Waals surface area contributed by atoms with E-state index in [0.29, 0.717) is 12.6 Å². The number of hydrogen-bond acceptors (Lipinski definition) is 3. The van der Waals surface area contributed by atoms with Gasteiger partial charge in [0.1, 0.15) is 11.3 Å². The summed E-state index contributed by atoms with van der Waals surface area (Å²) >= 11 is 7.26. The summed E-state index contributed by atoms with van der Waals surface area (Å²) in [5.41, 5.74) is 3.44. The normalized spacial score (nSPS) is 12.7. The minimum absolute atomic E-state index is 0.303. The molecule has 0 fully saturated rings. The first kappa shape index (κ1) is 14.4. The molecule has 1 aromatic carbocycles. The molecule has 0 aliphatic heterocycles. The number of hydrogen-bond donors (Lipinski definition) is 1. The van der Waals surface area contributed by atoms with Crippen molar-refractivity contribution in [2.45, 2.75) is 26.3 Å². The summed E-state index contributed by atoms with van der Waals surface area (Å²) in [6.07, 6.45) is 0.976. The number of imidazole rings is 1. The number of para-hydroxylation sites is 1. The van der Waals surface area contributed by atoms with E-state index in [-0.39, 0.29) is 0 Å². The molecule has 2 heterocycles. The highest BCUT2D eigenvalue weighted by atomic mass is 32.1. The summed E-state index contributed by atoms with van der Waals surface area (Å²) in [6.45, 7) is 4.84. The van der Waals surface area contributed by atoms with E-state index in [2.05, 4.69) is 39.4 Å². The second kappa shape index (κ2) is 6.03. The van der Waals surface area contributed by atoms with Gasteiger partial charge in [0, 0.05) is 6.04 Å². The molecule has 0 aliphatic rings. The fourth-order valence-electron chi connectivity index (χ4n) is 2.68. The Bertz CT molecular complexity index is 786. The fourth-order valence-corrected chi connectivity index (χ4v) is 3.74. The molecular formula is C16H18N2OS2. The molecule has 0 aliphatic carbocycles. The zero-order valence-corrected chi connectivity index (χ0v) is 13.8. The Morgan fingerprint density at radius 3 is 2.95 bits per heavy atom. The lowest BCUT2D eigenvalue weighted by atomic mass is 10.1. The van der Waals surface area contributed by atoms with Gasteiger partial charge in [0.15, 0.2) is 4.77 Å². The number of H-pyrrole nitrogens is 1. The van der Waals surface area contributed by atoms with E-state index in [1.165, 1.54) is 5.56 Å². The van der Waals surface area contributed by atoms with Crippen LogP contribution in [0.1, 0.15) is 25.5 Å². The van der Waals surface area contributed by atoms with E-state index in [1.54, 1.807) is 11.3 Å². The van der Waals surface area contributed by atoms with Crippen molar-refractivity contribution in [1.29, 1.82) is 0 Å². The minimum Gasteiger partial charge on any atom is -0.492 e. The first-order chi connectivity index (χ1) is 10.2. The van der Waals surface area contributed by atoms with Crippen molar-refractivity contribution < 1.29 is 4.74 Å². The lowest BCUT2D eigenvalue weighted by Gasteiger charge is -2.14. The van der Waals surface area contributed by atoms with Crippen LogP contribution in [0.25, 0.3) is 11.0 Å². The smallest absolute Gasteiger partial charge is 0.178 e. The van der Waals surface area contributed by atoms with Gasteiger partial charge in [-0.3, -0.25) is 0 Å². The number of rotatable bonds is 5. The first-order valence-corrected chi connectivity index (χ1v) is 8.43. The van der Waals surface area contributed by atoms with Crippen LogP contribution < -0.4 is 4.74 Å². The highest BCUT2D eigenvalue weighted by Crippen LogP contribution is 2.28. The SMILES string of the molecule is CCOc1cccc2c1[nH]c(=S)n2C(C)Cc1ccsc1. The van der Waals surface area contributed by atoms with Crippen LogP contribution in [0, 0.1) is 4.77 Å². The van der Waals surface area contributed by atoms with Gasteiger partial charge in [0.25, 0.3) is 0 Å². The third-order valence-electron chi connectivity index (χ3n) is 3.57. The van der Waals surface area contributed by atoms with E-state index in [1.807, 2.05) is 19.1 Å². The van der Waals surface area contributed by atoms with Crippen LogP contribution in [0.3, 0.4) is 0 Å². The van der Waals surface area contributed by atoms with Crippen LogP contribution in [-0.4, -0.2) is 16.2 Å². The van der Waals surface area contributed by atoms with Crippen molar-refractivity contribution in [3.8, 4) is 5.75 Å². The molecule has 2 aromatic heterocycles. The molecule has 3 nitrogen and oxygen atoms in total. The Hall–Kier alpha value is -1.59. The monoisotopic (exact) mass is 318 g/mol. The van der Waals surface area contributed by atoms with Crippen LogP contribution in [0.4, 0.5) is 0 Å². The van der Waals surface area contributed by atoms with Crippen molar-refractivity contribution in [3.05, 3.63) is 45.4 Å². The van der Waals surface area contributed by atoms with E-state index in [4.69, 9.17) is 17.0 Å². The van der Waals surface area contributed by atoms with E-state index in [9.17, 15) is 0 Å². The average molecular weight is 318 g/mol. The number of fused-ring (bicyclic) bond motifs is 1. The Morgan fingerprint density at radius 2 is 2.24 bits per heavy atom. The minimum atomic E-state index is 0.303. The highest BCUT2D eigenvalue weighted by molar-refractivity contribution is 7.71. The van der Waals surface area contributed by atoms with E-state index >= 15 is 0 Å². The van der Waals surface area contributed by atoms with Crippen molar-refractivity contribution in [2.75, 3.05) is 6.61 Å². The summed E-state index contributed by atoms with van der Waals surface area (Å²) in [5.74, 6) is 0.864. The Kier molecular flexibility index (Phi) is 4.12. The second-order valence-corrected chi connectivity index (χ2v) is 6.23. The molecule has 0 spiro atoms. The van der Waals surface area contributed by atoms with Gasteiger partial charge in [0.2, 0.25) is 0 Å². The van der Waals surface area contributed by atoms with Crippen LogP contribution in [0.2, 0.25) is 0 Å². The second-order valence-electron chi connectivity index (χ2n) is 5.07. The maximum absolute atomic E-state index is 5.68. The van der Waals surface area contributed by atoms with Gasteiger partial charge in [-0.25, -0.2) is 0 Å². The molecule has 1 N–H and O–H groups in total. The Morgan fingerprint density at radius 1 is 1.38 bits per heavy atom. The molecule has 5 heteroatoms. The predicted molar refractivity (Wildman–Crippen MR) is 91.0 cm³/mol. The van der Waals surface area contributed by atoms with Crippen molar-refractivity contribution in [3.63, 3.8) is 0 Å². The number of nitrogens with one attached hydrogen (secondary N) is 1. The standard InChI is InChI=1S/C16H18N2OS2/c1-3-19-14-6-4-5-13-15(14)17-16(20)18(13)11(2)9-12-7-8-21-10-12/h4-8,10-11H,3,9H2,1-2H3,(H,17,20). The molecule has 1 unspecified atom stereocenters. The van der Waals surface area contributed by atoms with Crippen LogP contribution >= 0.6 is 23.6 Å². The largest absolute Gasteiger partial charge is 0.492 e. The van der Waals surface area contributed by atoms with Crippen LogP contribution in [0.5, 0.6) is 5.75 Å². The lowest BCUT2D eigenvalue weighted by Crippen LogP contribution is -2.07. The third kappa shape index (κ3) is 2.76. The number of aromatic nitrogens is 2. The molecular weight excluding hydrogens is 300 g/mol. The van der Waals surface area contributed by atoms with Crippen molar-refractivity contribution in [1.82, 2.24) is 9.55 Å². The number of nitrogens with zero attached hydrogens (tertiary/aromatic N) is 1. The molecule has 1 atom stereocenters. The zero-order chi connectivity index (χ0) is 14.8. The third-order valence-corrected chi connectivity index (χ3v) is 4.60. The lowest BCUT2D eigenvalue weighted by molar-refractivity contribution is 0.343. The average Bonchev–Trinajstić information content (AvgIpc) is 3.06. The zero-order valence-electron chi connectivity index (χ0n) is 12.1. The van der Waals surface area contributed by atoms with Gasteiger partial charge < -0.3 is 14.3 Å². The predicted octanol–water partition coefficient (Wildman–Crippen LogP) is 4.96. The van der Waals surface area contributed by atoms with Gasteiger partial charge in [-0.05, 0) is 67.0 Å². The van der Waals surface area contributed by atoms with E-state index in [0.717, 1.165) is 28.0 Å². The van der Waals surface area contributed by atoms with Crippen LogP contribution in [-0.2, 0) is 6.42 Å². The molecule has 110 valence electrons. The molecule has 3 aromatic rings. The van der Waals surface area contributed by atoms with Crippen LogP contribution in [0.15, 0.2) is 35.0 Å². The topological polar surface area (TPSA) is 29.9 Å². The number of benzene rings is 1. The summed E-state index contributed by atoms with van der Waals surface area (Å²) in [6, 6.07) is 8.56. The molecule has 0 amide bonds. The van der Waals surface area contributed by atoms with Crippen molar-refractivity contribution in [2.24, 2.45) is 0 Å². The first-order valence-electron chi connectivity index (χ1n) is 7.07. The van der Waals surface area contributed by atoms with Gasteiger partial charge in [-0.1, -0.05) is 6.07 Å². The maximum atomic E-state index is 5.68. The molecule has 21 heavy (non-hydrogen) atoms. The van der Waals surface area contributed by atoms with Crippen molar-refractivity contribution >= 4 is 34.6 Å². The highest BCUT2D eigenvalue weighted by Gasteiger charge is 2.14. The van der Waals surface area contributed by atoms with E-state index < -0.39 is 0 Å². The summed E-state index contributed by atoms with van der Waals surface area (Å²) in [4.78, 5) is 3.30. The van der Waals surface area contributed by atoms with Gasteiger partial charge in [-0.2, -0.15) is 11.3 Å². The Labute approximate surface area is 133 Å². The fraction of sp³-hybridized carbons (Fsp3) is 0.312. The number of aromatic amines is 1. The summed E-state index contributed by atoms with van der Waals surface area (Å²) in [5, 5.41) is 4.31. The summed E-state index contributed by atoms with van der Waals surface area (Å²) in [7, 11) is 0. The molecule has 0 saturated carbocycles. The number of ether oxygens (including phenoxy) is 1. The van der Waals surface area contributed by atoms with Gasteiger partial charge in [0.05, 0.1) is 12.1 Å². The Balaban J connectivity index is 2.04.